The average Bonchev–Trinajstić information content (AvgIpc) is 3.16. The third-order valence-electron chi connectivity index (χ3n) is 5.00. The zero-order valence-electron chi connectivity index (χ0n) is 17.2. The Balaban J connectivity index is 1.56. The molecule has 2 aromatic rings. The number of nitrogens with zero attached hydrogens (tertiary/aromatic N) is 1. The van der Waals surface area contributed by atoms with Crippen molar-refractivity contribution < 1.29 is 23.9 Å². The summed E-state index contributed by atoms with van der Waals surface area (Å²) in [4.78, 5) is 38.6. The summed E-state index contributed by atoms with van der Waals surface area (Å²) in [5, 5.41) is 2.82. The number of methoxy groups -OCH3 is 1. The Labute approximate surface area is 176 Å². The molecule has 3 rings (SSSR count). The predicted octanol–water partition coefficient (Wildman–Crippen LogP) is 3.64. The van der Waals surface area contributed by atoms with Gasteiger partial charge in [-0.2, -0.15) is 0 Å². The van der Waals surface area contributed by atoms with E-state index < -0.39 is 5.92 Å². The van der Waals surface area contributed by atoms with Crippen LogP contribution < -0.4 is 15.0 Å². The summed E-state index contributed by atoms with van der Waals surface area (Å²) in [5.41, 5.74) is 1.74. The van der Waals surface area contributed by atoms with E-state index in [4.69, 9.17) is 9.47 Å². The van der Waals surface area contributed by atoms with Crippen molar-refractivity contribution in [2.75, 3.05) is 30.5 Å². The molecule has 2 amide bonds. The number of benzene rings is 2. The summed E-state index contributed by atoms with van der Waals surface area (Å²) in [6.45, 7) is 2.74. The highest BCUT2D eigenvalue weighted by Gasteiger charge is 2.35. The van der Waals surface area contributed by atoms with Crippen LogP contribution >= 0.6 is 0 Å². The SMILES string of the molecule is CCCCOC(=O)c1ccc(NC(=O)C2CC(=O)N(c3ccc(OC)cc3)C2)cc1. The molecular weight excluding hydrogens is 384 g/mol. The van der Waals surface area contributed by atoms with Gasteiger partial charge in [-0.15, -0.1) is 0 Å². The predicted molar refractivity (Wildman–Crippen MR) is 114 cm³/mol. The largest absolute Gasteiger partial charge is 0.497 e. The first-order chi connectivity index (χ1) is 14.5. The van der Waals surface area contributed by atoms with E-state index in [1.165, 1.54) is 0 Å². The number of amides is 2. The minimum Gasteiger partial charge on any atom is -0.497 e. The van der Waals surface area contributed by atoms with Gasteiger partial charge in [0.05, 0.1) is 25.2 Å². The highest BCUT2D eigenvalue weighted by Crippen LogP contribution is 2.27. The van der Waals surface area contributed by atoms with Crippen LogP contribution in [0.1, 0.15) is 36.5 Å². The molecule has 7 nitrogen and oxygen atoms in total. The van der Waals surface area contributed by atoms with Crippen molar-refractivity contribution in [3.8, 4) is 5.75 Å². The quantitative estimate of drug-likeness (QED) is 0.530. The molecule has 7 heteroatoms. The van der Waals surface area contributed by atoms with Gasteiger partial charge in [-0.3, -0.25) is 9.59 Å². The molecular formula is C23H26N2O5. The number of hydrogen-bond acceptors (Lipinski definition) is 5. The molecule has 2 aromatic carbocycles. The summed E-state index contributed by atoms with van der Waals surface area (Å²) in [5.74, 6) is -0.434. The fourth-order valence-corrected chi connectivity index (χ4v) is 3.22. The molecule has 1 fully saturated rings. The van der Waals surface area contributed by atoms with Crippen molar-refractivity contribution in [1.82, 2.24) is 0 Å². The zero-order valence-corrected chi connectivity index (χ0v) is 17.2. The molecule has 1 unspecified atom stereocenters. The second-order valence-electron chi connectivity index (χ2n) is 7.16. The van der Waals surface area contributed by atoms with Crippen molar-refractivity contribution in [1.29, 1.82) is 0 Å². The molecule has 0 radical (unpaired) electrons. The van der Waals surface area contributed by atoms with Gasteiger partial charge in [0.1, 0.15) is 5.75 Å². The van der Waals surface area contributed by atoms with Gasteiger partial charge >= 0.3 is 5.97 Å². The first kappa shape index (κ1) is 21.4. The number of hydrogen-bond donors (Lipinski definition) is 1. The highest BCUT2D eigenvalue weighted by molar-refractivity contribution is 6.03. The number of nitrogens with one attached hydrogen (secondary N) is 1. The molecule has 1 N–H and O–H groups in total. The lowest BCUT2D eigenvalue weighted by atomic mass is 10.1. The molecule has 158 valence electrons. The molecule has 1 aliphatic heterocycles. The summed E-state index contributed by atoms with van der Waals surface area (Å²) in [6, 6.07) is 13.7. The first-order valence-corrected chi connectivity index (χ1v) is 10.0. The van der Waals surface area contributed by atoms with E-state index in [0.29, 0.717) is 30.2 Å². The number of carbonyl (C=O) groups is 3. The van der Waals surface area contributed by atoms with Crippen LogP contribution in [0.5, 0.6) is 5.75 Å². The van der Waals surface area contributed by atoms with Crippen molar-refractivity contribution in [2.24, 2.45) is 5.92 Å². The van der Waals surface area contributed by atoms with E-state index in [1.54, 1.807) is 60.5 Å². The van der Waals surface area contributed by atoms with Crippen molar-refractivity contribution in [3.05, 3.63) is 54.1 Å². The van der Waals surface area contributed by atoms with Crippen LogP contribution in [0.4, 0.5) is 11.4 Å². The fraction of sp³-hybridized carbons (Fsp3) is 0.348. The van der Waals surface area contributed by atoms with E-state index in [1.807, 2.05) is 6.92 Å². The van der Waals surface area contributed by atoms with Gasteiger partial charge in [0, 0.05) is 24.3 Å². The standard InChI is InChI=1S/C23H26N2O5/c1-3-4-13-30-23(28)16-5-7-18(8-6-16)24-22(27)17-14-21(26)25(15-17)19-9-11-20(29-2)12-10-19/h5-12,17H,3-4,13-15H2,1-2H3,(H,24,27). The van der Waals surface area contributed by atoms with Crippen LogP contribution in [-0.2, 0) is 14.3 Å². The maximum Gasteiger partial charge on any atom is 0.338 e. The normalized spacial score (nSPS) is 15.7. The van der Waals surface area contributed by atoms with Gasteiger partial charge in [-0.1, -0.05) is 13.3 Å². The Hall–Kier alpha value is -3.35. The Kier molecular flexibility index (Phi) is 7.06. The number of anilines is 2. The molecule has 0 bridgehead atoms. The topological polar surface area (TPSA) is 84.9 Å². The second-order valence-corrected chi connectivity index (χ2v) is 7.16. The third-order valence-corrected chi connectivity index (χ3v) is 5.00. The Morgan fingerprint density at radius 3 is 2.43 bits per heavy atom. The van der Waals surface area contributed by atoms with Gasteiger partial charge in [-0.05, 0) is 55.0 Å². The lowest BCUT2D eigenvalue weighted by molar-refractivity contribution is -0.122. The summed E-state index contributed by atoms with van der Waals surface area (Å²) in [6.07, 6.45) is 1.94. The van der Waals surface area contributed by atoms with Crippen molar-refractivity contribution in [3.63, 3.8) is 0 Å². The highest BCUT2D eigenvalue weighted by atomic mass is 16.5. The third kappa shape index (κ3) is 5.17. The van der Waals surface area contributed by atoms with Crippen LogP contribution in [0.15, 0.2) is 48.5 Å². The van der Waals surface area contributed by atoms with Crippen LogP contribution in [-0.4, -0.2) is 38.0 Å². The van der Waals surface area contributed by atoms with E-state index in [2.05, 4.69) is 5.32 Å². The molecule has 30 heavy (non-hydrogen) atoms. The Bertz CT molecular complexity index is 893. The lowest BCUT2D eigenvalue weighted by Crippen LogP contribution is -2.28. The first-order valence-electron chi connectivity index (χ1n) is 10.0. The van der Waals surface area contributed by atoms with Gasteiger partial charge < -0.3 is 19.7 Å². The molecule has 0 aromatic heterocycles. The number of ether oxygens (including phenoxy) is 2. The maximum atomic E-state index is 12.6. The van der Waals surface area contributed by atoms with Gasteiger partial charge in [0.15, 0.2) is 0 Å². The molecule has 1 aliphatic rings. The minimum absolute atomic E-state index is 0.0921. The number of esters is 1. The number of carbonyl (C=O) groups excluding carboxylic acids is 3. The molecule has 1 heterocycles. The summed E-state index contributed by atoms with van der Waals surface area (Å²) >= 11 is 0. The van der Waals surface area contributed by atoms with Crippen LogP contribution in [0, 0.1) is 5.92 Å². The second kappa shape index (κ2) is 9.91. The minimum atomic E-state index is -0.446. The smallest absolute Gasteiger partial charge is 0.338 e. The Morgan fingerprint density at radius 2 is 1.80 bits per heavy atom. The fourth-order valence-electron chi connectivity index (χ4n) is 3.22. The van der Waals surface area contributed by atoms with Crippen molar-refractivity contribution in [2.45, 2.75) is 26.2 Å². The van der Waals surface area contributed by atoms with Crippen LogP contribution in [0.25, 0.3) is 0 Å². The lowest BCUT2D eigenvalue weighted by Gasteiger charge is -2.17. The van der Waals surface area contributed by atoms with Crippen LogP contribution in [0.3, 0.4) is 0 Å². The molecule has 1 atom stereocenters. The molecule has 0 spiro atoms. The Morgan fingerprint density at radius 1 is 1.10 bits per heavy atom. The van der Waals surface area contributed by atoms with Crippen molar-refractivity contribution >= 4 is 29.2 Å². The summed E-state index contributed by atoms with van der Waals surface area (Å²) < 4.78 is 10.3. The van der Waals surface area contributed by atoms with E-state index >= 15 is 0 Å². The van der Waals surface area contributed by atoms with E-state index in [9.17, 15) is 14.4 Å². The number of unbranched alkanes of at least 4 members (excludes halogenated alkanes) is 1. The van der Waals surface area contributed by atoms with Gasteiger partial charge in [0.25, 0.3) is 0 Å². The van der Waals surface area contributed by atoms with Gasteiger partial charge in [-0.25, -0.2) is 4.79 Å². The van der Waals surface area contributed by atoms with E-state index in [0.717, 1.165) is 18.5 Å². The molecule has 0 saturated carbocycles. The van der Waals surface area contributed by atoms with Crippen LogP contribution in [0.2, 0.25) is 0 Å². The van der Waals surface area contributed by atoms with Gasteiger partial charge in [0.2, 0.25) is 11.8 Å². The number of rotatable bonds is 8. The zero-order chi connectivity index (χ0) is 21.5. The summed E-state index contributed by atoms with van der Waals surface area (Å²) in [7, 11) is 1.58. The average molecular weight is 410 g/mol. The maximum absolute atomic E-state index is 12.6. The monoisotopic (exact) mass is 410 g/mol. The molecule has 0 aliphatic carbocycles. The van der Waals surface area contributed by atoms with E-state index in [-0.39, 0.29) is 24.2 Å². The molecule has 1 saturated heterocycles.